The monoisotopic (exact) mass is 391 g/mol. The molecular formula is C24H25NO4. The Hall–Kier alpha value is -3.34. The minimum absolute atomic E-state index is 0.0727. The van der Waals surface area contributed by atoms with Crippen molar-refractivity contribution in [3.63, 3.8) is 0 Å². The van der Waals surface area contributed by atoms with E-state index in [1.54, 1.807) is 36.6 Å². The maximum Gasteiger partial charge on any atom is 0.221 e. The Bertz CT molecular complexity index is 902. The number of ether oxygens (including phenoxy) is 1. The number of carbonyl (C=O) groups is 2. The van der Waals surface area contributed by atoms with Gasteiger partial charge in [-0.2, -0.15) is 0 Å². The summed E-state index contributed by atoms with van der Waals surface area (Å²) in [5.74, 6) is 1.12. The van der Waals surface area contributed by atoms with Gasteiger partial charge in [0.15, 0.2) is 5.78 Å². The Morgan fingerprint density at radius 2 is 1.72 bits per heavy atom. The molecule has 1 atom stereocenters. The largest absolute Gasteiger partial charge is 0.494 e. The molecule has 2 aromatic carbocycles. The molecule has 0 aliphatic carbocycles. The first-order valence-corrected chi connectivity index (χ1v) is 9.81. The molecule has 5 heteroatoms. The second-order valence-electron chi connectivity index (χ2n) is 6.72. The van der Waals surface area contributed by atoms with Crippen LogP contribution >= 0.6 is 0 Å². The van der Waals surface area contributed by atoms with Crippen LogP contribution in [-0.2, 0) is 4.79 Å². The first-order valence-electron chi connectivity index (χ1n) is 9.81. The summed E-state index contributed by atoms with van der Waals surface area (Å²) in [6, 6.07) is 19.9. The molecule has 0 radical (unpaired) electrons. The third kappa shape index (κ3) is 5.82. The standard InChI is InChI=1S/C24H25NO4/c1-2-16-28-20-12-10-18(11-13-20)21(26)14-15-23(27)25-24(22-9-6-17-29-22)19-7-4-3-5-8-19/h3-13,17,24H,2,14-16H2,1H3,(H,25,27). The normalized spacial score (nSPS) is 11.6. The van der Waals surface area contributed by atoms with Crippen LogP contribution in [0.25, 0.3) is 0 Å². The van der Waals surface area contributed by atoms with E-state index < -0.39 is 0 Å². The molecule has 0 spiro atoms. The molecule has 0 saturated heterocycles. The van der Waals surface area contributed by atoms with Gasteiger partial charge in [0, 0.05) is 18.4 Å². The van der Waals surface area contributed by atoms with Crippen molar-refractivity contribution in [2.24, 2.45) is 0 Å². The van der Waals surface area contributed by atoms with Gasteiger partial charge in [-0.05, 0) is 48.4 Å². The molecule has 1 N–H and O–H groups in total. The van der Waals surface area contributed by atoms with E-state index in [0.717, 1.165) is 17.7 Å². The summed E-state index contributed by atoms with van der Waals surface area (Å²) < 4.78 is 11.0. The highest BCUT2D eigenvalue weighted by atomic mass is 16.5. The van der Waals surface area contributed by atoms with Crippen LogP contribution in [0.2, 0.25) is 0 Å². The molecule has 1 heterocycles. The molecule has 0 aliphatic heterocycles. The number of rotatable bonds is 10. The minimum atomic E-state index is -0.385. The topological polar surface area (TPSA) is 68.5 Å². The van der Waals surface area contributed by atoms with Crippen LogP contribution in [0.3, 0.4) is 0 Å². The SMILES string of the molecule is CCCOc1ccc(C(=O)CCC(=O)NC(c2ccccc2)c2ccco2)cc1. The van der Waals surface area contributed by atoms with Gasteiger partial charge in [-0.15, -0.1) is 0 Å². The molecule has 0 aliphatic rings. The van der Waals surface area contributed by atoms with Crippen molar-refractivity contribution in [2.75, 3.05) is 6.61 Å². The van der Waals surface area contributed by atoms with Crippen molar-refractivity contribution in [1.29, 1.82) is 0 Å². The fourth-order valence-electron chi connectivity index (χ4n) is 2.98. The van der Waals surface area contributed by atoms with E-state index >= 15 is 0 Å². The van der Waals surface area contributed by atoms with Crippen LogP contribution in [0.5, 0.6) is 5.75 Å². The second kappa shape index (κ2) is 10.3. The lowest BCUT2D eigenvalue weighted by Crippen LogP contribution is -2.29. The van der Waals surface area contributed by atoms with E-state index in [0.29, 0.717) is 17.9 Å². The van der Waals surface area contributed by atoms with E-state index in [-0.39, 0.29) is 30.6 Å². The number of Topliss-reactive ketones (excluding diaryl/α,β-unsaturated/α-hetero) is 1. The zero-order valence-corrected chi connectivity index (χ0v) is 16.5. The maximum atomic E-state index is 12.5. The lowest BCUT2D eigenvalue weighted by molar-refractivity contribution is -0.121. The lowest BCUT2D eigenvalue weighted by atomic mass is 10.0. The fourth-order valence-corrected chi connectivity index (χ4v) is 2.98. The van der Waals surface area contributed by atoms with Crippen molar-refractivity contribution in [3.05, 3.63) is 89.9 Å². The number of furan rings is 1. The average molecular weight is 391 g/mol. The zero-order chi connectivity index (χ0) is 20.5. The van der Waals surface area contributed by atoms with Gasteiger partial charge in [0.25, 0.3) is 0 Å². The molecule has 5 nitrogen and oxygen atoms in total. The number of benzene rings is 2. The van der Waals surface area contributed by atoms with E-state index in [2.05, 4.69) is 5.32 Å². The predicted octanol–water partition coefficient (Wildman–Crippen LogP) is 4.94. The first kappa shape index (κ1) is 20.4. The molecule has 0 fully saturated rings. The molecule has 1 amide bonds. The molecule has 3 aromatic rings. The molecule has 1 unspecified atom stereocenters. The van der Waals surface area contributed by atoms with Gasteiger partial charge in [0.2, 0.25) is 5.91 Å². The van der Waals surface area contributed by atoms with Crippen LogP contribution < -0.4 is 10.1 Å². The Kier molecular flexibility index (Phi) is 7.22. The molecule has 0 bridgehead atoms. The van der Waals surface area contributed by atoms with Crippen LogP contribution in [0.15, 0.2) is 77.4 Å². The lowest BCUT2D eigenvalue weighted by Gasteiger charge is -2.17. The van der Waals surface area contributed by atoms with Crippen molar-refractivity contribution in [1.82, 2.24) is 5.32 Å². The average Bonchev–Trinajstić information content (AvgIpc) is 3.30. The quantitative estimate of drug-likeness (QED) is 0.497. The van der Waals surface area contributed by atoms with Crippen molar-refractivity contribution in [2.45, 2.75) is 32.2 Å². The summed E-state index contributed by atoms with van der Waals surface area (Å²) in [5.41, 5.74) is 1.50. The smallest absolute Gasteiger partial charge is 0.221 e. The van der Waals surface area contributed by atoms with Gasteiger partial charge in [-0.25, -0.2) is 0 Å². The predicted molar refractivity (Wildman–Crippen MR) is 111 cm³/mol. The van der Waals surface area contributed by atoms with Gasteiger partial charge in [-0.1, -0.05) is 37.3 Å². The van der Waals surface area contributed by atoms with Gasteiger partial charge >= 0.3 is 0 Å². The molecule has 1 aromatic heterocycles. The Morgan fingerprint density at radius 3 is 2.38 bits per heavy atom. The Balaban J connectivity index is 1.57. The van der Waals surface area contributed by atoms with Gasteiger partial charge in [-0.3, -0.25) is 9.59 Å². The summed E-state index contributed by atoms with van der Waals surface area (Å²) in [4.78, 5) is 24.9. The third-order valence-electron chi connectivity index (χ3n) is 4.49. The summed E-state index contributed by atoms with van der Waals surface area (Å²) in [6.07, 6.45) is 2.75. The molecule has 150 valence electrons. The second-order valence-corrected chi connectivity index (χ2v) is 6.72. The number of hydrogen-bond donors (Lipinski definition) is 1. The summed E-state index contributed by atoms with van der Waals surface area (Å²) in [7, 11) is 0. The fraction of sp³-hybridized carbons (Fsp3) is 0.250. The number of carbonyl (C=O) groups excluding carboxylic acids is 2. The van der Waals surface area contributed by atoms with E-state index in [4.69, 9.17) is 9.15 Å². The highest BCUT2D eigenvalue weighted by Crippen LogP contribution is 2.22. The summed E-state index contributed by atoms with van der Waals surface area (Å²) in [5, 5.41) is 2.97. The summed E-state index contributed by atoms with van der Waals surface area (Å²) in [6.45, 7) is 2.68. The minimum Gasteiger partial charge on any atom is -0.494 e. The summed E-state index contributed by atoms with van der Waals surface area (Å²) >= 11 is 0. The maximum absolute atomic E-state index is 12.5. The van der Waals surface area contributed by atoms with Crippen LogP contribution in [0.4, 0.5) is 0 Å². The highest BCUT2D eigenvalue weighted by Gasteiger charge is 2.19. The van der Waals surface area contributed by atoms with E-state index in [9.17, 15) is 9.59 Å². The number of hydrogen-bond acceptors (Lipinski definition) is 4. The molecule has 3 rings (SSSR count). The number of amides is 1. The van der Waals surface area contributed by atoms with Crippen LogP contribution in [0, 0.1) is 0 Å². The van der Waals surface area contributed by atoms with Gasteiger partial charge < -0.3 is 14.5 Å². The zero-order valence-electron chi connectivity index (χ0n) is 16.5. The Morgan fingerprint density at radius 1 is 0.966 bits per heavy atom. The number of ketones is 1. The third-order valence-corrected chi connectivity index (χ3v) is 4.49. The Labute approximate surface area is 170 Å². The molecule has 29 heavy (non-hydrogen) atoms. The van der Waals surface area contributed by atoms with Crippen LogP contribution in [-0.4, -0.2) is 18.3 Å². The van der Waals surface area contributed by atoms with Gasteiger partial charge in [0.1, 0.15) is 17.6 Å². The van der Waals surface area contributed by atoms with E-state index in [1.165, 1.54) is 0 Å². The van der Waals surface area contributed by atoms with Crippen molar-refractivity contribution in [3.8, 4) is 5.75 Å². The van der Waals surface area contributed by atoms with Gasteiger partial charge in [0.05, 0.1) is 12.9 Å². The van der Waals surface area contributed by atoms with Crippen LogP contribution in [0.1, 0.15) is 53.9 Å². The highest BCUT2D eigenvalue weighted by molar-refractivity contribution is 5.98. The van der Waals surface area contributed by atoms with E-state index in [1.807, 2.05) is 43.3 Å². The number of nitrogens with one attached hydrogen (secondary N) is 1. The van der Waals surface area contributed by atoms with Crippen molar-refractivity contribution >= 4 is 11.7 Å². The first-order chi connectivity index (χ1) is 14.2. The molecule has 0 saturated carbocycles. The van der Waals surface area contributed by atoms with Crippen molar-refractivity contribution < 1.29 is 18.7 Å². The molecular weight excluding hydrogens is 366 g/mol.